The topological polar surface area (TPSA) is 70.6 Å². The number of aromatic nitrogens is 1. The molecule has 1 unspecified atom stereocenters. The van der Waals surface area contributed by atoms with Crippen LogP contribution in [0.25, 0.3) is 10.9 Å². The number of hydrogen-bond donors (Lipinski definition) is 0. The van der Waals surface area contributed by atoms with Crippen LogP contribution in [0.15, 0.2) is 36.4 Å². The molecule has 0 spiro atoms. The molecule has 26 heavy (non-hydrogen) atoms. The van der Waals surface area contributed by atoms with Crippen LogP contribution >= 0.6 is 0 Å². The van der Waals surface area contributed by atoms with Gasteiger partial charge in [0.2, 0.25) is 0 Å². The van der Waals surface area contributed by atoms with Gasteiger partial charge < -0.3 is 9.80 Å². The molecule has 3 rings (SSSR count). The maximum Gasteiger partial charge on any atom is 0.272 e. The highest BCUT2D eigenvalue weighted by Crippen LogP contribution is 2.21. The van der Waals surface area contributed by atoms with E-state index in [1.54, 1.807) is 11.0 Å². The van der Waals surface area contributed by atoms with Gasteiger partial charge in [0.15, 0.2) is 9.84 Å². The number of pyridine rings is 1. The predicted molar refractivity (Wildman–Crippen MR) is 103 cm³/mol. The molecule has 0 bridgehead atoms. The first-order valence-electron chi connectivity index (χ1n) is 8.88. The standard InChI is InChI=1S/C19H25N3O3S/c1-21(2)11-5-12-22(16-10-13-26(24,25)14-16)19(23)18-9-8-15-6-3-4-7-17(15)20-18/h3-4,6-9,16H,5,10-14H2,1-2H3. The highest BCUT2D eigenvalue weighted by Gasteiger charge is 2.35. The number of para-hydroxylation sites is 1. The Bertz CT molecular complexity index is 896. The van der Waals surface area contributed by atoms with Crippen molar-refractivity contribution >= 4 is 26.6 Å². The summed E-state index contributed by atoms with van der Waals surface area (Å²) in [5, 5.41) is 0.978. The van der Waals surface area contributed by atoms with Crippen LogP contribution in [0.4, 0.5) is 0 Å². The van der Waals surface area contributed by atoms with E-state index >= 15 is 0 Å². The first-order valence-corrected chi connectivity index (χ1v) is 10.7. The zero-order valence-corrected chi connectivity index (χ0v) is 16.1. The molecule has 0 saturated carbocycles. The number of hydrogen-bond acceptors (Lipinski definition) is 5. The lowest BCUT2D eigenvalue weighted by molar-refractivity contribution is 0.0684. The Balaban J connectivity index is 1.84. The maximum atomic E-state index is 13.1. The van der Waals surface area contributed by atoms with Crippen LogP contribution in [0.1, 0.15) is 23.3 Å². The van der Waals surface area contributed by atoms with Gasteiger partial charge in [-0.05, 0) is 45.6 Å². The smallest absolute Gasteiger partial charge is 0.272 e. The van der Waals surface area contributed by atoms with E-state index in [1.165, 1.54) is 0 Å². The van der Waals surface area contributed by atoms with Crippen LogP contribution in [0, 0.1) is 0 Å². The first-order chi connectivity index (χ1) is 12.4. The first kappa shape index (κ1) is 18.8. The van der Waals surface area contributed by atoms with E-state index < -0.39 is 9.84 Å². The molecule has 0 aliphatic carbocycles. The number of fused-ring (bicyclic) bond motifs is 1. The molecule has 1 fully saturated rings. The third kappa shape index (κ3) is 4.40. The maximum absolute atomic E-state index is 13.1. The minimum absolute atomic E-state index is 0.0499. The monoisotopic (exact) mass is 375 g/mol. The van der Waals surface area contributed by atoms with Crippen molar-refractivity contribution in [2.75, 3.05) is 38.7 Å². The van der Waals surface area contributed by atoms with E-state index in [4.69, 9.17) is 0 Å². The number of rotatable bonds is 6. The number of amides is 1. The number of nitrogens with zero attached hydrogens (tertiary/aromatic N) is 3. The van der Waals surface area contributed by atoms with E-state index in [-0.39, 0.29) is 23.5 Å². The van der Waals surface area contributed by atoms with Crippen LogP contribution in [-0.4, -0.2) is 73.8 Å². The molecular formula is C19H25N3O3S. The van der Waals surface area contributed by atoms with Crippen LogP contribution < -0.4 is 0 Å². The van der Waals surface area contributed by atoms with Gasteiger partial charge in [-0.25, -0.2) is 13.4 Å². The van der Waals surface area contributed by atoms with Crippen molar-refractivity contribution in [1.29, 1.82) is 0 Å². The Morgan fingerprint density at radius 2 is 1.92 bits per heavy atom. The van der Waals surface area contributed by atoms with E-state index in [2.05, 4.69) is 9.88 Å². The average Bonchev–Trinajstić information content (AvgIpc) is 2.97. The number of carbonyl (C=O) groups excluding carboxylic acids is 1. The summed E-state index contributed by atoms with van der Waals surface area (Å²) in [6, 6.07) is 11.0. The Labute approximate surface area is 154 Å². The van der Waals surface area contributed by atoms with E-state index in [1.807, 2.05) is 44.4 Å². The third-order valence-electron chi connectivity index (χ3n) is 4.73. The molecular weight excluding hydrogens is 350 g/mol. The van der Waals surface area contributed by atoms with Gasteiger partial charge in [-0.1, -0.05) is 24.3 Å². The van der Waals surface area contributed by atoms with Gasteiger partial charge in [-0.15, -0.1) is 0 Å². The van der Waals surface area contributed by atoms with E-state index in [0.717, 1.165) is 23.9 Å². The molecule has 0 radical (unpaired) electrons. The summed E-state index contributed by atoms with van der Waals surface area (Å²) in [5.41, 5.74) is 1.14. The molecule has 1 amide bonds. The zero-order chi connectivity index (χ0) is 18.7. The minimum atomic E-state index is -3.06. The van der Waals surface area contributed by atoms with Gasteiger partial charge >= 0.3 is 0 Å². The quantitative estimate of drug-likeness (QED) is 0.770. The number of sulfone groups is 1. The second-order valence-electron chi connectivity index (χ2n) is 7.10. The third-order valence-corrected chi connectivity index (χ3v) is 6.48. The second kappa shape index (κ2) is 7.72. The van der Waals surface area contributed by atoms with Crippen molar-refractivity contribution in [1.82, 2.24) is 14.8 Å². The molecule has 7 heteroatoms. The lowest BCUT2D eigenvalue weighted by Crippen LogP contribution is -2.42. The Morgan fingerprint density at radius 1 is 1.15 bits per heavy atom. The second-order valence-corrected chi connectivity index (χ2v) is 9.33. The van der Waals surface area contributed by atoms with Crippen LogP contribution in [0.5, 0.6) is 0 Å². The Kier molecular flexibility index (Phi) is 5.58. The molecule has 2 aromatic rings. The summed E-state index contributed by atoms with van der Waals surface area (Å²) in [7, 11) is 0.909. The molecule has 1 atom stereocenters. The molecule has 140 valence electrons. The Morgan fingerprint density at radius 3 is 2.62 bits per heavy atom. The van der Waals surface area contributed by atoms with Crippen molar-refractivity contribution < 1.29 is 13.2 Å². The number of benzene rings is 1. The summed E-state index contributed by atoms with van der Waals surface area (Å²) in [4.78, 5) is 21.4. The largest absolute Gasteiger partial charge is 0.333 e. The summed E-state index contributed by atoms with van der Waals surface area (Å²) in [6.07, 6.45) is 1.30. The van der Waals surface area contributed by atoms with Crippen LogP contribution in [-0.2, 0) is 9.84 Å². The molecule has 1 aliphatic rings. The van der Waals surface area contributed by atoms with Crippen LogP contribution in [0.2, 0.25) is 0 Å². The van der Waals surface area contributed by atoms with E-state index in [9.17, 15) is 13.2 Å². The highest BCUT2D eigenvalue weighted by atomic mass is 32.2. The SMILES string of the molecule is CN(C)CCCN(C(=O)c1ccc2ccccc2n1)C1CCS(=O)(=O)C1. The van der Waals surface area contributed by atoms with E-state index in [0.29, 0.717) is 18.7 Å². The highest BCUT2D eigenvalue weighted by molar-refractivity contribution is 7.91. The molecule has 1 saturated heterocycles. The lowest BCUT2D eigenvalue weighted by Gasteiger charge is -2.28. The van der Waals surface area contributed by atoms with Gasteiger partial charge in [0.1, 0.15) is 5.69 Å². The fourth-order valence-corrected chi connectivity index (χ4v) is 5.09. The zero-order valence-electron chi connectivity index (χ0n) is 15.3. The number of carbonyl (C=O) groups is 1. The van der Waals surface area contributed by atoms with Gasteiger partial charge in [0.25, 0.3) is 5.91 Å². The normalized spacial score (nSPS) is 19.1. The molecule has 1 aliphatic heterocycles. The molecule has 0 N–H and O–H groups in total. The molecule has 1 aromatic carbocycles. The van der Waals surface area contributed by atoms with Gasteiger partial charge in [-0.3, -0.25) is 4.79 Å². The van der Waals surface area contributed by atoms with Crippen LogP contribution in [0.3, 0.4) is 0 Å². The predicted octanol–water partition coefficient (Wildman–Crippen LogP) is 1.82. The average molecular weight is 375 g/mol. The summed E-state index contributed by atoms with van der Waals surface area (Å²) in [5.74, 6) is 0.0192. The van der Waals surface area contributed by atoms with Crippen molar-refractivity contribution in [3.63, 3.8) is 0 Å². The van der Waals surface area contributed by atoms with Crippen molar-refractivity contribution in [2.45, 2.75) is 18.9 Å². The fourth-order valence-electron chi connectivity index (χ4n) is 3.36. The fraction of sp³-hybridized carbons (Fsp3) is 0.474. The van der Waals surface area contributed by atoms with Gasteiger partial charge in [-0.2, -0.15) is 0 Å². The summed E-state index contributed by atoms with van der Waals surface area (Å²) in [6.45, 7) is 1.38. The molecule has 6 nitrogen and oxygen atoms in total. The summed E-state index contributed by atoms with van der Waals surface area (Å²) < 4.78 is 23.8. The summed E-state index contributed by atoms with van der Waals surface area (Å²) >= 11 is 0. The molecule has 2 heterocycles. The Hall–Kier alpha value is -1.99. The molecule has 1 aromatic heterocycles. The van der Waals surface area contributed by atoms with Crippen molar-refractivity contribution in [3.8, 4) is 0 Å². The van der Waals surface area contributed by atoms with Gasteiger partial charge in [0.05, 0.1) is 17.0 Å². The van der Waals surface area contributed by atoms with Gasteiger partial charge in [0, 0.05) is 18.0 Å². The van der Waals surface area contributed by atoms with Crippen molar-refractivity contribution in [3.05, 3.63) is 42.1 Å². The van der Waals surface area contributed by atoms with Crippen molar-refractivity contribution in [2.24, 2.45) is 0 Å². The minimum Gasteiger partial charge on any atom is -0.333 e. The lowest BCUT2D eigenvalue weighted by atomic mass is 10.1.